The number of benzene rings is 10. The minimum atomic E-state index is -0.497. The van der Waals surface area contributed by atoms with E-state index in [4.69, 9.17) is 0 Å². The molecule has 0 amide bonds. The highest BCUT2D eigenvalue weighted by molar-refractivity contribution is 7.99. The molecular weight excluding hydrogens is 745 g/mol. The van der Waals surface area contributed by atoms with E-state index in [9.17, 15) is 0 Å². The maximum atomic E-state index is 2.52. The molecule has 1 spiro atoms. The standard InChI is InChI=1S/C57H36N2S/c1-2-18-38(19-3-1)58-51-28-11-7-22-42(51)45-36-39(32-34-53(45)58)59(50-29-14-17-37-16-4-5-20-40(37)50)52-35-33-43-41-21-6-8-24-46(41)57(49-27-15-23-44(52)56(43)49)47-25-9-12-30-54(47)60-55-31-13-10-26-48(55)57/h1-36H. The van der Waals surface area contributed by atoms with Crippen LogP contribution in [0.1, 0.15) is 22.3 Å². The Bertz CT molecular complexity index is 3490. The first-order valence-corrected chi connectivity index (χ1v) is 21.5. The summed E-state index contributed by atoms with van der Waals surface area (Å²) in [5.41, 5.74) is 14.4. The first-order valence-electron chi connectivity index (χ1n) is 20.7. The SMILES string of the molecule is c1ccc(-n2c3ccccc3c3cc(N(c4cccc5ccccc45)c4ccc5c6c(cccc46)C4(c6ccccc6Sc6ccccc64)c4ccccc4-5)ccc32)cc1. The summed E-state index contributed by atoms with van der Waals surface area (Å²) in [7, 11) is 0. The topological polar surface area (TPSA) is 8.17 Å². The molecule has 280 valence electrons. The molecule has 1 aliphatic heterocycles. The average molecular weight is 781 g/mol. The Morgan fingerprint density at radius 1 is 0.383 bits per heavy atom. The quantitative estimate of drug-likeness (QED) is 0.176. The Labute approximate surface area is 352 Å². The highest BCUT2D eigenvalue weighted by Crippen LogP contribution is 2.62. The Hall–Kier alpha value is -7.33. The van der Waals surface area contributed by atoms with Gasteiger partial charge in [0.1, 0.15) is 0 Å². The van der Waals surface area contributed by atoms with E-state index >= 15 is 0 Å². The smallest absolute Gasteiger partial charge is 0.0735 e. The van der Waals surface area contributed by atoms with Crippen LogP contribution in [0, 0.1) is 0 Å². The molecule has 0 saturated carbocycles. The fourth-order valence-electron chi connectivity index (χ4n) is 10.7. The molecule has 0 radical (unpaired) electrons. The van der Waals surface area contributed by atoms with E-state index in [1.807, 2.05) is 11.8 Å². The van der Waals surface area contributed by atoms with Crippen LogP contribution in [0.25, 0.3) is 60.2 Å². The molecule has 0 atom stereocenters. The largest absolute Gasteiger partial charge is 0.309 e. The van der Waals surface area contributed by atoms with Gasteiger partial charge in [-0.3, -0.25) is 0 Å². The number of hydrogen-bond acceptors (Lipinski definition) is 2. The summed E-state index contributed by atoms with van der Waals surface area (Å²) >= 11 is 1.89. The number of rotatable bonds is 4. The van der Waals surface area contributed by atoms with Crippen molar-refractivity contribution in [1.29, 1.82) is 0 Å². The third kappa shape index (κ3) is 4.55. The zero-order valence-corrected chi connectivity index (χ0v) is 33.4. The minimum Gasteiger partial charge on any atom is -0.309 e. The lowest BCUT2D eigenvalue weighted by atomic mass is 9.59. The molecule has 11 aromatic rings. The van der Waals surface area contributed by atoms with Crippen LogP contribution in [-0.4, -0.2) is 4.57 Å². The lowest BCUT2D eigenvalue weighted by molar-refractivity contribution is 0.707. The first-order chi connectivity index (χ1) is 29.8. The Kier molecular flexibility index (Phi) is 7.19. The van der Waals surface area contributed by atoms with Crippen molar-refractivity contribution in [2.24, 2.45) is 0 Å². The van der Waals surface area contributed by atoms with E-state index in [0.717, 1.165) is 22.7 Å². The molecule has 13 rings (SSSR count). The molecule has 2 nitrogen and oxygen atoms in total. The summed E-state index contributed by atoms with van der Waals surface area (Å²) in [6.07, 6.45) is 0. The average Bonchev–Trinajstić information content (AvgIpc) is 3.65. The third-order valence-electron chi connectivity index (χ3n) is 13.0. The molecule has 10 aromatic carbocycles. The molecule has 0 saturated heterocycles. The van der Waals surface area contributed by atoms with Gasteiger partial charge in [-0.25, -0.2) is 0 Å². The van der Waals surface area contributed by atoms with Crippen LogP contribution in [-0.2, 0) is 5.41 Å². The van der Waals surface area contributed by atoms with Gasteiger partial charge in [0.2, 0.25) is 0 Å². The Morgan fingerprint density at radius 3 is 1.82 bits per heavy atom. The van der Waals surface area contributed by atoms with E-state index in [0.29, 0.717) is 0 Å². The van der Waals surface area contributed by atoms with Crippen molar-refractivity contribution in [1.82, 2.24) is 4.57 Å². The number of fused-ring (bicyclic) bond motifs is 12. The second-order valence-electron chi connectivity index (χ2n) is 16.0. The lowest BCUT2D eigenvalue weighted by Crippen LogP contribution is -2.36. The zero-order valence-electron chi connectivity index (χ0n) is 32.6. The molecule has 1 aromatic heterocycles. The predicted octanol–water partition coefficient (Wildman–Crippen LogP) is 15.4. The summed E-state index contributed by atoms with van der Waals surface area (Å²) in [6.45, 7) is 0. The van der Waals surface area contributed by atoms with Gasteiger partial charge in [0.05, 0.1) is 27.8 Å². The lowest BCUT2D eigenvalue weighted by Gasteiger charge is -2.46. The third-order valence-corrected chi connectivity index (χ3v) is 14.2. The number of nitrogens with zero attached hydrogens (tertiary/aromatic N) is 2. The van der Waals surface area contributed by atoms with Gasteiger partial charge >= 0.3 is 0 Å². The molecule has 3 heteroatoms. The number of hydrogen-bond donors (Lipinski definition) is 0. The molecule has 2 aliphatic rings. The monoisotopic (exact) mass is 780 g/mol. The van der Waals surface area contributed by atoms with Gasteiger partial charge in [-0.15, -0.1) is 0 Å². The highest BCUT2D eigenvalue weighted by Gasteiger charge is 2.48. The summed E-state index contributed by atoms with van der Waals surface area (Å²) in [5, 5.41) is 7.41. The van der Waals surface area contributed by atoms with Gasteiger partial charge in [0.15, 0.2) is 0 Å². The van der Waals surface area contributed by atoms with Crippen LogP contribution in [0.4, 0.5) is 17.1 Å². The van der Waals surface area contributed by atoms with E-state index in [1.165, 1.54) is 86.5 Å². The van der Waals surface area contributed by atoms with Gasteiger partial charge < -0.3 is 9.47 Å². The van der Waals surface area contributed by atoms with Crippen molar-refractivity contribution in [3.8, 4) is 16.8 Å². The summed E-state index contributed by atoms with van der Waals surface area (Å²) in [5.74, 6) is 0. The first kappa shape index (κ1) is 33.6. The highest BCUT2D eigenvalue weighted by atomic mass is 32.2. The molecule has 1 aliphatic carbocycles. The van der Waals surface area contributed by atoms with Gasteiger partial charge in [-0.05, 0) is 105 Å². The van der Waals surface area contributed by atoms with Crippen molar-refractivity contribution in [3.63, 3.8) is 0 Å². The van der Waals surface area contributed by atoms with Gasteiger partial charge in [-0.2, -0.15) is 0 Å². The maximum Gasteiger partial charge on any atom is 0.0735 e. The van der Waals surface area contributed by atoms with Crippen LogP contribution in [0.3, 0.4) is 0 Å². The second-order valence-corrected chi connectivity index (χ2v) is 17.1. The van der Waals surface area contributed by atoms with E-state index in [1.54, 1.807) is 0 Å². The summed E-state index contributed by atoms with van der Waals surface area (Å²) in [6, 6.07) is 81.2. The van der Waals surface area contributed by atoms with Crippen molar-refractivity contribution in [2.75, 3.05) is 4.90 Å². The van der Waals surface area contributed by atoms with Crippen molar-refractivity contribution < 1.29 is 0 Å². The van der Waals surface area contributed by atoms with Crippen LogP contribution in [0.15, 0.2) is 228 Å². The van der Waals surface area contributed by atoms with Crippen molar-refractivity contribution in [2.45, 2.75) is 15.2 Å². The van der Waals surface area contributed by atoms with Crippen LogP contribution >= 0.6 is 11.8 Å². The number of anilines is 3. The fourth-order valence-corrected chi connectivity index (χ4v) is 11.8. The van der Waals surface area contributed by atoms with Gasteiger partial charge in [0.25, 0.3) is 0 Å². The second kappa shape index (κ2) is 12.8. The van der Waals surface area contributed by atoms with Crippen LogP contribution < -0.4 is 4.90 Å². The van der Waals surface area contributed by atoms with Gasteiger partial charge in [0, 0.05) is 42.7 Å². The summed E-state index contributed by atoms with van der Waals surface area (Å²) in [4.78, 5) is 5.14. The molecule has 0 N–H and O–H groups in total. The van der Waals surface area contributed by atoms with E-state index < -0.39 is 5.41 Å². The van der Waals surface area contributed by atoms with Crippen molar-refractivity contribution in [3.05, 3.63) is 241 Å². The Morgan fingerprint density at radius 2 is 0.983 bits per heavy atom. The van der Waals surface area contributed by atoms with E-state index in [2.05, 4.69) is 228 Å². The normalized spacial score (nSPS) is 13.4. The number of aromatic nitrogens is 1. The maximum absolute atomic E-state index is 2.52. The summed E-state index contributed by atoms with van der Waals surface area (Å²) < 4.78 is 2.40. The number of para-hydroxylation sites is 2. The predicted molar refractivity (Wildman–Crippen MR) is 252 cm³/mol. The molecule has 0 fully saturated rings. The molecule has 60 heavy (non-hydrogen) atoms. The molecule has 0 unspecified atom stereocenters. The van der Waals surface area contributed by atoms with Gasteiger partial charge in [-0.1, -0.05) is 169 Å². The van der Waals surface area contributed by atoms with E-state index in [-0.39, 0.29) is 0 Å². The zero-order chi connectivity index (χ0) is 39.4. The molecular formula is C57H36N2S. The Balaban J connectivity index is 1.14. The molecule has 0 bridgehead atoms. The van der Waals surface area contributed by atoms with Crippen molar-refractivity contribution >= 4 is 72.2 Å². The minimum absolute atomic E-state index is 0.497. The van der Waals surface area contributed by atoms with Crippen LogP contribution in [0.2, 0.25) is 0 Å². The fraction of sp³-hybridized carbons (Fsp3) is 0.0175. The molecule has 2 heterocycles. The van der Waals surface area contributed by atoms with Crippen LogP contribution in [0.5, 0.6) is 0 Å².